The van der Waals surface area contributed by atoms with Crippen LogP contribution in [-0.2, 0) is 0 Å². The van der Waals surface area contributed by atoms with Crippen molar-refractivity contribution in [2.45, 2.75) is 0 Å². The molecule has 4 nitrogen and oxygen atoms in total. The molecule has 1 heterocycles. The van der Waals surface area contributed by atoms with Gasteiger partial charge in [0.15, 0.2) is 5.70 Å². The molecular formula is C9H6N4S. The van der Waals surface area contributed by atoms with Crippen molar-refractivity contribution in [2.24, 2.45) is 10.7 Å². The van der Waals surface area contributed by atoms with Crippen molar-refractivity contribution in [1.29, 1.82) is 10.5 Å². The highest BCUT2D eigenvalue weighted by Crippen LogP contribution is 2.06. The van der Waals surface area contributed by atoms with Gasteiger partial charge < -0.3 is 5.73 Å². The van der Waals surface area contributed by atoms with Crippen LogP contribution in [0.4, 0.5) is 0 Å². The molecule has 0 atom stereocenters. The highest BCUT2D eigenvalue weighted by Gasteiger charge is 1.98. The summed E-state index contributed by atoms with van der Waals surface area (Å²) in [7, 11) is 0. The molecule has 5 heteroatoms. The van der Waals surface area contributed by atoms with Crippen molar-refractivity contribution in [1.82, 2.24) is 0 Å². The summed E-state index contributed by atoms with van der Waals surface area (Å²) in [6, 6.07) is 7.15. The summed E-state index contributed by atoms with van der Waals surface area (Å²) in [6.45, 7) is 0. The standard InChI is InChI=1S/C9H6N4S/c10-4-8(12)9(5-11)13-6-7-2-1-3-14-7/h1-3,6H,12H2/b9-8+,13-6?. The van der Waals surface area contributed by atoms with Crippen LogP contribution in [0.15, 0.2) is 33.9 Å². The first-order chi connectivity index (χ1) is 6.77. The lowest BCUT2D eigenvalue weighted by Crippen LogP contribution is -1.97. The Morgan fingerprint density at radius 3 is 2.79 bits per heavy atom. The minimum absolute atomic E-state index is 0.0547. The maximum atomic E-state index is 8.61. The number of aliphatic imine (C=N–C) groups is 1. The van der Waals surface area contributed by atoms with Crippen LogP contribution in [0.2, 0.25) is 0 Å². The van der Waals surface area contributed by atoms with Crippen molar-refractivity contribution in [3.8, 4) is 12.1 Å². The van der Waals surface area contributed by atoms with Crippen molar-refractivity contribution in [2.75, 3.05) is 0 Å². The van der Waals surface area contributed by atoms with E-state index in [4.69, 9.17) is 16.3 Å². The lowest BCUT2D eigenvalue weighted by atomic mass is 10.4. The Labute approximate surface area is 85.2 Å². The van der Waals surface area contributed by atoms with Gasteiger partial charge in [0.05, 0.1) is 0 Å². The van der Waals surface area contributed by atoms with Crippen molar-refractivity contribution in [3.05, 3.63) is 33.8 Å². The smallest absolute Gasteiger partial charge is 0.174 e. The summed E-state index contributed by atoms with van der Waals surface area (Å²) in [4.78, 5) is 4.72. The van der Waals surface area contributed by atoms with E-state index in [2.05, 4.69) is 4.99 Å². The lowest BCUT2D eigenvalue weighted by Gasteiger charge is -1.88. The Morgan fingerprint density at radius 1 is 1.50 bits per heavy atom. The second-order valence-corrected chi connectivity index (χ2v) is 3.24. The van der Waals surface area contributed by atoms with E-state index in [9.17, 15) is 0 Å². The molecule has 0 radical (unpaired) electrons. The summed E-state index contributed by atoms with van der Waals surface area (Å²) in [5.74, 6) is 0. The molecule has 0 aromatic carbocycles. The number of hydrogen-bond acceptors (Lipinski definition) is 5. The predicted octanol–water partition coefficient (Wildman–Crippen LogP) is 1.38. The number of allylic oxidation sites excluding steroid dienone is 2. The molecule has 14 heavy (non-hydrogen) atoms. The van der Waals surface area contributed by atoms with E-state index >= 15 is 0 Å². The van der Waals surface area contributed by atoms with Gasteiger partial charge >= 0.3 is 0 Å². The molecule has 0 bridgehead atoms. The molecule has 1 aromatic rings. The minimum Gasteiger partial charge on any atom is -0.388 e. The van der Waals surface area contributed by atoms with Crippen LogP contribution in [0.3, 0.4) is 0 Å². The van der Waals surface area contributed by atoms with Crippen molar-refractivity contribution in [3.63, 3.8) is 0 Å². The van der Waals surface area contributed by atoms with Gasteiger partial charge in [-0.25, -0.2) is 4.99 Å². The number of thiophene rings is 1. The summed E-state index contributed by atoms with van der Waals surface area (Å²) >= 11 is 1.49. The molecule has 1 aromatic heterocycles. The van der Waals surface area contributed by atoms with Crippen LogP contribution in [0.1, 0.15) is 4.88 Å². The van der Waals surface area contributed by atoms with E-state index in [0.29, 0.717) is 0 Å². The zero-order valence-corrected chi connectivity index (χ0v) is 7.95. The zero-order valence-electron chi connectivity index (χ0n) is 7.14. The average Bonchev–Trinajstić information content (AvgIpc) is 2.71. The van der Waals surface area contributed by atoms with Crippen LogP contribution >= 0.6 is 11.3 Å². The summed E-state index contributed by atoms with van der Waals surface area (Å²) in [5, 5.41) is 18.9. The van der Waals surface area contributed by atoms with Crippen LogP contribution in [0.5, 0.6) is 0 Å². The SMILES string of the molecule is N#C/C(N)=C(/C#N)N=Cc1cccs1. The zero-order chi connectivity index (χ0) is 10.4. The fraction of sp³-hybridized carbons (Fsp3) is 0. The molecule has 0 saturated heterocycles. The second kappa shape index (κ2) is 4.80. The number of hydrogen-bond donors (Lipinski definition) is 1. The quantitative estimate of drug-likeness (QED) is 0.580. The third-order valence-corrected chi connectivity index (χ3v) is 2.15. The fourth-order valence-electron chi connectivity index (χ4n) is 0.704. The monoisotopic (exact) mass is 202 g/mol. The van der Waals surface area contributed by atoms with E-state index in [0.717, 1.165) is 4.88 Å². The molecule has 0 amide bonds. The highest BCUT2D eigenvalue weighted by molar-refractivity contribution is 7.11. The maximum absolute atomic E-state index is 8.61. The van der Waals surface area contributed by atoms with Crippen LogP contribution < -0.4 is 5.73 Å². The molecule has 1 rings (SSSR count). The normalized spacial score (nSPS) is 11.9. The van der Waals surface area contributed by atoms with Gasteiger partial charge in [0.25, 0.3) is 0 Å². The molecule has 0 unspecified atom stereocenters. The largest absolute Gasteiger partial charge is 0.388 e. The third-order valence-electron chi connectivity index (χ3n) is 1.35. The minimum atomic E-state index is -0.166. The number of rotatable bonds is 2. The number of nitrogens with two attached hydrogens (primary N) is 1. The Hall–Kier alpha value is -2.11. The lowest BCUT2D eigenvalue weighted by molar-refractivity contribution is 1.27. The first-order valence-electron chi connectivity index (χ1n) is 3.65. The van der Waals surface area contributed by atoms with Crippen LogP contribution in [0, 0.1) is 22.7 Å². The van der Waals surface area contributed by atoms with Crippen molar-refractivity contribution < 1.29 is 0 Å². The fourth-order valence-corrected chi connectivity index (χ4v) is 1.29. The van der Waals surface area contributed by atoms with Gasteiger partial charge in [0.1, 0.15) is 17.8 Å². The predicted molar refractivity (Wildman–Crippen MR) is 54.4 cm³/mol. The van der Waals surface area contributed by atoms with Crippen molar-refractivity contribution >= 4 is 17.6 Å². The average molecular weight is 202 g/mol. The second-order valence-electron chi connectivity index (χ2n) is 2.26. The Balaban J connectivity index is 2.89. The van der Waals surface area contributed by atoms with E-state index in [1.54, 1.807) is 12.1 Å². The van der Waals surface area contributed by atoms with Gasteiger partial charge in [-0.15, -0.1) is 11.3 Å². The van der Waals surface area contributed by atoms with Gasteiger partial charge in [0.2, 0.25) is 0 Å². The topological polar surface area (TPSA) is 86.0 Å². The van der Waals surface area contributed by atoms with Crippen LogP contribution in [0.25, 0.3) is 0 Å². The number of nitrogens with zero attached hydrogens (tertiary/aromatic N) is 3. The van der Waals surface area contributed by atoms with Crippen LogP contribution in [-0.4, -0.2) is 6.21 Å². The van der Waals surface area contributed by atoms with E-state index in [-0.39, 0.29) is 11.4 Å². The molecule has 0 aliphatic heterocycles. The first-order valence-corrected chi connectivity index (χ1v) is 4.53. The van der Waals surface area contributed by atoms with Gasteiger partial charge in [-0.2, -0.15) is 10.5 Å². The number of nitriles is 2. The first kappa shape index (κ1) is 9.97. The molecule has 68 valence electrons. The Bertz CT molecular complexity index is 442. The van der Waals surface area contributed by atoms with E-state index in [1.165, 1.54) is 17.6 Å². The molecule has 0 aliphatic rings. The Kier molecular flexibility index (Phi) is 3.42. The molecule has 0 saturated carbocycles. The summed E-state index contributed by atoms with van der Waals surface area (Å²) < 4.78 is 0. The van der Waals surface area contributed by atoms with E-state index in [1.807, 2.05) is 17.5 Å². The van der Waals surface area contributed by atoms with Gasteiger partial charge in [-0.3, -0.25) is 0 Å². The molecule has 0 aliphatic carbocycles. The molecule has 0 spiro atoms. The molecular weight excluding hydrogens is 196 g/mol. The third kappa shape index (κ3) is 2.44. The van der Waals surface area contributed by atoms with E-state index < -0.39 is 0 Å². The van der Waals surface area contributed by atoms with Gasteiger partial charge in [0, 0.05) is 11.1 Å². The summed E-state index contributed by atoms with van der Waals surface area (Å²) in [6.07, 6.45) is 1.51. The Morgan fingerprint density at radius 2 is 2.29 bits per heavy atom. The van der Waals surface area contributed by atoms with Gasteiger partial charge in [-0.1, -0.05) is 6.07 Å². The summed E-state index contributed by atoms with van der Waals surface area (Å²) in [5.41, 5.74) is 5.03. The maximum Gasteiger partial charge on any atom is 0.174 e. The molecule has 0 fully saturated rings. The molecule has 2 N–H and O–H groups in total. The van der Waals surface area contributed by atoms with Gasteiger partial charge in [-0.05, 0) is 11.4 Å². The highest BCUT2D eigenvalue weighted by atomic mass is 32.1.